The van der Waals surface area contributed by atoms with Crippen LogP contribution in [0.5, 0.6) is 0 Å². The van der Waals surface area contributed by atoms with Crippen LogP contribution in [0.15, 0.2) is 51.3 Å². The molecule has 0 radical (unpaired) electrons. The van der Waals surface area contributed by atoms with Crippen LogP contribution in [-0.4, -0.2) is 17.0 Å². The Hall–Kier alpha value is -3.28. The minimum absolute atomic E-state index is 0.138. The molecule has 0 atom stereocenters. The van der Waals surface area contributed by atoms with Gasteiger partial charge in [0.2, 0.25) is 0 Å². The number of rotatable bonds is 3. The van der Waals surface area contributed by atoms with Crippen molar-refractivity contribution in [2.75, 3.05) is 5.32 Å². The van der Waals surface area contributed by atoms with Crippen molar-refractivity contribution in [1.82, 2.24) is 0 Å². The second kappa shape index (κ2) is 8.20. The number of carbonyl (C=O) groups is 2. The van der Waals surface area contributed by atoms with E-state index in [1.807, 2.05) is 37.3 Å². The van der Waals surface area contributed by atoms with Crippen LogP contribution in [0.4, 0.5) is 5.69 Å². The number of carboxylic acids is 1. The quantitative estimate of drug-likeness (QED) is 0.707. The smallest absolute Gasteiger partial charge is 0.339 e. The topological polar surface area (TPSA) is 92.7 Å². The molecule has 136 valence electrons. The number of carbonyl (C=O) groups excluding carboxylic acids is 1. The third-order valence-electron chi connectivity index (χ3n) is 3.59. The molecule has 0 spiro atoms. The zero-order valence-electron chi connectivity index (χ0n) is 15.1. The minimum atomic E-state index is -0.936. The summed E-state index contributed by atoms with van der Waals surface area (Å²) in [4.78, 5) is 22.3. The number of para-hydroxylation sites is 1. The largest absolute Gasteiger partial charge is 0.478 e. The number of aromatic carboxylic acids is 1. The highest BCUT2D eigenvalue weighted by atomic mass is 16.4. The Morgan fingerprint density at radius 1 is 0.846 bits per heavy atom. The van der Waals surface area contributed by atoms with Crippen molar-refractivity contribution in [1.29, 1.82) is 0 Å². The van der Waals surface area contributed by atoms with Crippen molar-refractivity contribution in [3.05, 3.63) is 76.6 Å². The molecule has 0 aliphatic rings. The third-order valence-corrected chi connectivity index (χ3v) is 3.59. The summed E-state index contributed by atoms with van der Waals surface area (Å²) in [6.45, 7) is 6.97. The van der Waals surface area contributed by atoms with Gasteiger partial charge in [0, 0.05) is 5.69 Å². The molecule has 3 rings (SSSR count). The highest BCUT2D eigenvalue weighted by molar-refractivity contribution is 6.05. The molecular weight excluding hydrogens is 334 g/mol. The molecular formula is C20H21NO5. The summed E-state index contributed by atoms with van der Waals surface area (Å²) in [6.07, 6.45) is 0. The second-order valence-electron chi connectivity index (χ2n) is 5.78. The van der Waals surface area contributed by atoms with E-state index in [-0.39, 0.29) is 11.5 Å². The molecule has 1 amide bonds. The van der Waals surface area contributed by atoms with Crippen molar-refractivity contribution >= 4 is 17.6 Å². The SMILES string of the molecule is Cc1cc(C(=O)Nc2ccccc2)c(C)o1.Cc1cc(C(=O)O)c(C)o1. The Bertz CT molecular complexity index is 906. The number of anilines is 1. The zero-order valence-corrected chi connectivity index (χ0v) is 15.1. The fourth-order valence-electron chi connectivity index (χ4n) is 2.42. The van der Waals surface area contributed by atoms with Gasteiger partial charge in [-0.2, -0.15) is 0 Å². The van der Waals surface area contributed by atoms with Gasteiger partial charge < -0.3 is 19.3 Å². The molecule has 0 fully saturated rings. The van der Waals surface area contributed by atoms with E-state index < -0.39 is 5.97 Å². The second-order valence-corrected chi connectivity index (χ2v) is 5.78. The lowest BCUT2D eigenvalue weighted by molar-refractivity contribution is 0.0694. The molecule has 2 heterocycles. The van der Waals surface area contributed by atoms with Gasteiger partial charge >= 0.3 is 5.97 Å². The van der Waals surface area contributed by atoms with Crippen molar-refractivity contribution in [2.24, 2.45) is 0 Å². The molecule has 0 aliphatic carbocycles. The summed E-state index contributed by atoms with van der Waals surface area (Å²) in [5, 5.41) is 11.3. The first-order valence-corrected chi connectivity index (χ1v) is 8.01. The molecule has 0 saturated carbocycles. The van der Waals surface area contributed by atoms with E-state index in [0.717, 1.165) is 11.4 Å². The Balaban J connectivity index is 0.000000209. The maximum Gasteiger partial charge on any atom is 0.339 e. The van der Waals surface area contributed by atoms with Crippen LogP contribution >= 0.6 is 0 Å². The Labute approximate surface area is 151 Å². The predicted molar refractivity (Wildman–Crippen MR) is 97.7 cm³/mol. The lowest BCUT2D eigenvalue weighted by Gasteiger charge is -2.03. The Morgan fingerprint density at radius 3 is 1.73 bits per heavy atom. The molecule has 0 unspecified atom stereocenters. The van der Waals surface area contributed by atoms with Crippen LogP contribution in [0.2, 0.25) is 0 Å². The first-order chi connectivity index (χ1) is 12.3. The van der Waals surface area contributed by atoms with Gasteiger partial charge in [-0.25, -0.2) is 4.79 Å². The van der Waals surface area contributed by atoms with E-state index in [9.17, 15) is 9.59 Å². The van der Waals surface area contributed by atoms with Crippen molar-refractivity contribution < 1.29 is 23.5 Å². The third kappa shape index (κ3) is 4.86. The standard InChI is InChI=1S/C13H13NO2.C7H8O3/c1-9-8-12(10(2)16-9)13(15)14-11-6-4-3-5-7-11;1-4-3-6(7(8)9)5(2)10-4/h3-8H,1-2H3,(H,14,15);3H,1-2H3,(H,8,9). The molecule has 6 nitrogen and oxygen atoms in total. The number of furan rings is 2. The van der Waals surface area contributed by atoms with Gasteiger partial charge in [0.15, 0.2) is 0 Å². The van der Waals surface area contributed by atoms with Crippen LogP contribution in [0.3, 0.4) is 0 Å². The molecule has 1 aromatic carbocycles. The molecule has 2 N–H and O–H groups in total. The number of benzene rings is 1. The number of hydrogen-bond donors (Lipinski definition) is 2. The van der Waals surface area contributed by atoms with E-state index in [4.69, 9.17) is 13.9 Å². The van der Waals surface area contributed by atoms with E-state index in [0.29, 0.717) is 22.8 Å². The van der Waals surface area contributed by atoms with Crippen molar-refractivity contribution in [2.45, 2.75) is 27.7 Å². The number of nitrogens with one attached hydrogen (secondary N) is 1. The highest BCUT2D eigenvalue weighted by Gasteiger charge is 2.13. The van der Waals surface area contributed by atoms with Gasteiger partial charge in [0.1, 0.15) is 28.6 Å². The van der Waals surface area contributed by atoms with Gasteiger partial charge in [-0.15, -0.1) is 0 Å². The fraction of sp³-hybridized carbons (Fsp3) is 0.200. The first-order valence-electron chi connectivity index (χ1n) is 8.01. The van der Waals surface area contributed by atoms with Crippen LogP contribution < -0.4 is 5.32 Å². The normalized spacial score (nSPS) is 10.0. The maximum absolute atomic E-state index is 11.9. The van der Waals surface area contributed by atoms with Crippen LogP contribution in [0.25, 0.3) is 0 Å². The van der Waals surface area contributed by atoms with E-state index in [2.05, 4.69) is 5.32 Å². The van der Waals surface area contributed by atoms with Crippen LogP contribution in [0, 0.1) is 27.7 Å². The molecule has 2 aromatic heterocycles. The number of aryl methyl sites for hydroxylation is 4. The zero-order chi connectivity index (χ0) is 19.3. The van der Waals surface area contributed by atoms with Crippen LogP contribution in [-0.2, 0) is 0 Å². The lowest BCUT2D eigenvalue weighted by Crippen LogP contribution is -2.11. The first kappa shape index (κ1) is 19.1. The summed E-state index contributed by atoms with van der Waals surface area (Å²) in [7, 11) is 0. The average Bonchev–Trinajstić information content (AvgIpc) is 3.09. The summed E-state index contributed by atoms with van der Waals surface area (Å²) in [6, 6.07) is 12.6. The fourth-order valence-corrected chi connectivity index (χ4v) is 2.42. The highest BCUT2D eigenvalue weighted by Crippen LogP contribution is 2.16. The molecule has 0 saturated heterocycles. The van der Waals surface area contributed by atoms with E-state index in [1.54, 1.807) is 26.8 Å². The molecule has 6 heteroatoms. The minimum Gasteiger partial charge on any atom is -0.478 e. The number of carboxylic acid groups (broad SMARTS) is 1. The van der Waals surface area contributed by atoms with Gasteiger partial charge in [-0.3, -0.25) is 4.79 Å². The predicted octanol–water partition coefficient (Wildman–Crippen LogP) is 4.74. The number of amides is 1. The van der Waals surface area contributed by atoms with Gasteiger partial charge in [-0.1, -0.05) is 18.2 Å². The van der Waals surface area contributed by atoms with E-state index in [1.165, 1.54) is 6.07 Å². The van der Waals surface area contributed by atoms with Crippen molar-refractivity contribution in [3.63, 3.8) is 0 Å². The lowest BCUT2D eigenvalue weighted by atomic mass is 10.2. The van der Waals surface area contributed by atoms with Crippen LogP contribution in [0.1, 0.15) is 43.8 Å². The summed E-state index contributed by atoms with van der Waals surface area (Å²) < 4.78 is 10.3. The molecule has 26 heavy (non-hydrogen) atoms. The van der Waals surface area contributed by atoms with Gasteiger partial charge in [0.05, 0.1) is 5.56 Å². The van der Waals surface area contributed by atoms with Gasteiger partial charge in [0.25, 0.3) is 5.91 Å². The summed E-state index contributed by atoms with van der Waals surface area (Å²) in [5.74, 6) is 1.41. The Kier molecular flexibility index (Phi) is 6.01. The number of hydrogen-bond acceptors (Lipinski definition) is 4. The molecule has 3 aromatic rings. The van der Waals surface area contributed by atoms with Crippen molar-refractivity contribution in [3.8, 4) is 0 Å². The summed E-state index contributed by atoms with van der Waals surface area (Å²) >= 11 is 0. The molecule has 0 aliphatic heterocycles. The van der Waals surface area contributed by atoms with Gasteiger partial charge in [-0.05, 0) is 52.0 Å². The average molecular weight is 355 g/mol. The monoisotopic (exact) mass is 355 g/mol. The Morgan fingerprint density at radius 2 is 1.35 bits per heavy atom. The van der Waals surface area contributed by atoms with E-state index >= 15 is 0 Å². The molecule has 0 bridgehead atoms. The maximum atomic E-state index is 11.9. The summed E-state index contributed by atoms with van der Waals surface area (Å²) in [5.41, 5.74) is 1.62.